The van der Waals surface area contributed by atoms with E-state index in [-0.39, 0.29) is 68.8 Å². The summed E-state index contributed by atoms with van der Waals surface area (Å²) in [7, 11) is 8.41. The topological polar surface area (TPSA) is 371 Å². The van der Waals surface area contributed by atoms with Gasteiger partial charge in [0.25, 0.3) is 5.91 Å². The molecule has 2 amide bonds. The third-order valence-corrected chi connectivity index (χ3v) is 20.3. The third kappa shape index (κ3) is 22.7. The van der Waals surface area contributed by atoms with Gasteiger partial charge in [-0.3, -0.25) is 24.4 Å². The number of aryl methyl sites for hydroxylation is 2. The van der Waals surface area contributed by atoms with Crippen LogP contribution in [0.3, 0.4) is 0 Å². The average Bonchev–Trinajstić information content (AvgIpc) is 0.982. The number of aromatic nitrogens is 9. The number of carboxylic acids is 1. The molecule has 0 spiro atoms. The predicted octanol–water partition coefficient (Wildman–Crippen LogP) is 12.3. The summed E-state index contributed by atoms with van der Waals surface area (Å²) < 4.78 is 65.1. The van der Waals surface area contributed by atoms with E-state index < -0.39 is 29.4 Å². The molecule has 0 fully saturated rings. The number of fused-ring (bicyclic) bond motifs is 8. The highest BCUT2D eigenvalue weighted by Gasteiger charge is 2.38. The molecule has 6 bridgehead atoms. The molecule has 9 aromatic rings. The quantitative estimate of drug-likeness (QED) is 0.0152. The molecule has 4 aromatic heterocycles. The number of anilines is 3. The summed E-state index contributed by atoms with van der Waals surface area (Å²) in [5, 5.41) is 15.6. The number of nitrogens with two attached hydrogens (primary N) is 2. The van der Waals surface area contributed by atoms with Gasteiger partial charge in [0.2, 0.25) is 11.9 Å². The largest absolute Gasteiger partial charge is 0.497 e. The number of aliphatic carboxylic acids is 1. The van der Waals surface area contributed by atoms with Crippen molar-refractivity contribution in [2.75, 3.05) is 144 Å². The monoisotopic (exact) mass is 1610 g/mol. The Kier molecular flexibility index (Phi) is 32.0. The second-order valence-electron chi connectivity index (χ2n) is 28.0. The normalized spacial score (nSPS) is 12.4. The van der Waals surface area contributed by atoms with E-state index in [2.05, 4.69) is 105 Å². The fraction of sp³-hybridized carbons (Fsp3) is 0.382. The number of methoxy groups -OCH3 is 4. The summed E-state index contributed by atoms with van der Waals surface area (Å²) >= 11 is 0. The highest BCUT2D eigenvalue weighted by Crippen LogP contribution is 2.44. The number of nitrogens with one attached hydrogen (secondary N) is 3. The fourth-order valence-electron chi connectivity index (χ4n) is 14.1. The molecular formula is C89H106N14O15. The number of nitrogen functional groups attached to an aromatic ring is 2. The first-order valence-electron chi connectivity index (χ1n) is 39.7. The highest BCUT2D eigenvalue weighted by molar-refractivity contribution is 5.98. The number of aromatic amines is 1. The molecule has 0 saturated heterocycles. The minimum absolute atomic E-state index is 0.00495. The van der Waals surface area contributed by atoms with Crippen LogP contribution in [0.2, 0.25) is 0 Å². The third-order valence-electron chi connectivity index (χ3n) is 20.3. The van der Waals surface area contributed by atoms with E-state index in [9.17, 15) is 19.5 Å². The average molecular weight is 1610 g/mol. The molecule has 0 unspecified atom stereocenters. The molecule has 0 aliphatic carbocycles. The summed E-state index contributed by atoms with van der Waals surface area (Å²) in [6.45, 7) is 13.3. The Morgan fingerprint density at radius 1 is 0.559 bits per heavy atom. The lowest BCUT2D eigenvalue weighted by Crippen LogP contribution is -2.47. The van der Waals surface area contributed by atoms with Gasteiger partial charge in [-0.1, -0.05) is 68.4 Å². The van der Waals surface area contributed by atoms with E-state index in [4.69, 9.17) is 83.5 Å². The van der Waals surface area contributed by atoms with Crippen LogP contribution in [0.1, 0.15) is 133 Å². The zero-order valence-electron chi connectivity index (χ0n) is 68.5. The summed E-state index contributed by atoms with van der Waals surface area (Å²) in [5.41, 5.74) is 27.1. The Balaban J connectivity index is 0.923. The van der Waals surface area contributed by atoms with E-state index in [1.165, 1.54) is 0 Å². The molecular weight excluding hydrogens is 1510 g/mol. The SMILES string of the molecule is CCc1c(CC)c2cc3nc(cnc4cc(OCCOCCOCCOC)c(OCCOCCOCCOC)cc4ncc4nc(cc1[nH]2)C(CCCNC(=O)[C@@H](CCC(=O)O)NC(=O)c1ccc(N(C)Cc2cnc5nc(N)nc(N)c5n2)cc1)=C4C)C(C)=C3CCCOC(c1ccccc1)(c1ccc(OC)cc1)c1ccc(OC)cc1. The number of allylic oxidation sites excluding steroid dienone is 4. The number of amides is 2. The minimum Gasteiger partial charge on any atom is -0.497 e. The predicted molar refractivity (Wildman–Crippen MR) is 453 cm³/mol. The van der Waals surface area contributed by atoms with Gasteiger partial charge in [0.15, 0.2) is 28.5 Å². The van der Waals surface area contributed by atoms with E-state index in [0.717, 1.165) is 84.0 Å². The van der Waals surface area contributed by atoms with Gasteiger partial charge in [-0.15, -0.1) is 0 Å². The van der Waals surface area contributed by atoms with Crippen molar-refractivity contribution in [2.24, 2.45) is 0 Å². The molecule has 2 aliphatic heterocycles. The first-order chi connectivity index (χ1) is 57.4. The van der Waals surface area contributed by atoms with Crippen molar-refractivity contribution in [3.8, 4) is 23.0 Å². The number of carbonyl (C=O) groups is 3. The number of rotatable bonds is 45. The number of H-pyrrole nitrogens is 1. The molecule has 622 valence electrons. The van der Waals surface area contributed by atoms with Crippen molar-refractivity contribution in [3.05, 3.63) is 208 Å². The first-order valence-corrected chi connectivity index (χ1v) is 39.7. The Hall–Kier alpha value is -11.8. The van der Waals surface area contributed by atoms with Gasteiger partial charge in [0, 0.05) is 75.3 Å². The molecule has 2 aliphatic rings. The summed E-state index contributed by atoms with van der Waals surface area (Å²) in [5.74, 6) is 0.118. The molecule has 8 N–H and O–H groups in total. The Labute approximate surface area is 686 Å². The smallest absolute Gasteiger partial charge is 0.303 e. The second kappa shape index (κ2) is 43.4. The Morgan fingerprint density at radius 3 is 1.58 bits per heavy atom. The van der Waals surface area contributed by atoms with E-state index in [1.54, 1.807) is 83.4 Å². The van der Waals surface area contributed by atoms with E-state index in [1.807, 2.05) is 61.3 Å². The lowest BCUT2D eigenvalue weighted by Gasteiger charge is -2.36. The molecule has 5 aromatic carbocycles. The van der Waals surface area contributed by atoms with Gasteiger partial charge in [-0.25, -0.2) is 19.9 Å². The molecule has 11 rings (SSSR count). The van der Waals surface area contributed by atoms with Crippen LogP contribution in [0.25, 0.3) is 55.5 Å². The van der Waals surface area contributed by atoms with Crippen molar-refractivity contribution in [3.63, 3.8) is 0 Å². The molecule has 29 nitrogen and oxygen atoms in total. The van der Waals surface area contributed by atoms with Gasteiger partial charge in [-0.05, 0) is 170 Å². The number of carbonyl (C=O) groups excluding carboxylic acids is 2. The number of nitrogens with zero attached hydrogens (tertiary/aromatic N) is 9. The van der Waals surface area contributed by atoms with Crippen molar-refractivity contribution < 1.29 is 71.6 Å². The number of benzene rings is 5. The molecule has 6 heterocycles. The maximum Gasteiger partial charge on any atom is 0.303 e. The van der Waals surface area contributed by atoms with Crippen LogP contribution in [0.4, 0.5) is 17.5 Å². The van der Waals surface area contributed by atoms with E-state index >= 15 is 0 Å². The fourth-order valence-corrected chi connectivity index (χ4v) is 14.1. The number of ether oxygens (including phenoxy) is 11. The van der Waals surface area contributed by atoms with Crippen molar-refractivity contribution in [1.29, 1.82) is 0 Å². The summed E-state index contributed by atoms with van der Waals surface area (Å²) in [6, 6.07) is 39.7. The van der Waals surface area contributed by atoms with Crippen LogP contribution in [-0.2, 0) is 67.7 Å². The van der Waals surface area contributed by atoms with Crippen LogP contribution in [0, 0.1) is 0 Å². The minimum atomic E-state index is -1.18. The van der Waals surface area contributed by atoms with Crippen molar-refractivity contribution in [2.45, 2.75) is 97.2 Å². The molecule has 0 radical (unpaired) electrons. The van der Waals surface area contributed by atoms with E-state index in [0.29, 0.717) is 155 Å². The molecule has 29 heteroatoms. The van der Waals surface area contributed by atoms with Crippen LogP contribution in [0.5, 0.6) is 23.0 Å². The molecule has 118 heavy (non-hydrogen) atoms. The Morgan fingerprint density at radius 2 is 1.07 bits per heavy atom. The Bertz CT molecular complexity index is 5120. The number of carboxylic acid groups (broad SMARTS) is 1. The van der Waals surface area contributed by atoms with Crippen molar-refractivity contribution in [1.82, 2.24) is 55.5 Å². The van der Waals surface area contributed by atoms with Gasteiger partial charge in [0.05, 0.1) is 145 Å². The number of hydrogen-bond acceptors (Lipinski definition) is 25. The van der Waals surface area contributed by atoms with Crippen LogP contribution >= 0.6 is 0 Å². The summed E-state index contributed by atoms with van der Waals surface area (Å²) in [6.07, 6.45) is 8.01. The number of hydrogen-bond donors (Lipinski definition) is 6. The lowest BCUT2D eigenvalue weighted by molar-refractivity contribution is -0.137. The van der Waals surface area contributed by atoms with Gasteiger partial charge in [-0.2, -0.15) is 9.97 Å². The van der Waals surface area contributed by atoms with Crippen LogP contribution in [-0.4, -0.2) is 202 Å². The lowest BCUT2D eigenvalue weighted by atomic mass is 9.80. The van der Waals surface area contributed by atoms with Gasteiger partial charge in [0.1, 0.15) is 36.4 Å². The molecule has 1 atom stereocenters. The van der Waals surface area contributed by atoms with Gasteiger partial charge >= 0.3 is 5.97 Å². The zero-order chi connectivity index (χ0) is 83.3. The zero-order valence-corrected chi connectivity index (χ0v) is 68.5. The maximum atomic E-state index is 14.2. The summed E-state index contributed by atoms with van der Waals surface area (Å²) in [4.78, 5) is 84.3. The second-order valence-corrected chi connectivity index (χ2v) is 28.0. The standard InChI is InChI=1S/C89H106N14O15/c1-10-67-68(11-2)73-50-75-70(20-16-36-118-89(60-17-13-12-14-18-60,61-23-29-65(110-8)30-24-61)62-25-31-66(111-9)32-26-62)58(4)79(99-75)55-94-77-52-81(117-48-46-115-44-42-113-40-38-109-7)80(116-47-45-114-43-41-112-39-37-108-6)51-76(77)93-54-78-57(3)69(74(98-78)49-72(67)97-73)19-15-35-92-87(107)71(33-34-82(104)105)100-86(106)59-21-27-64(28-22-59)103(5)56-63-53-95-85-83(96-63)84(90)101-88(91)102-85/h12-14,17-18,21-32,49-55,71,97H,10-11,15-16,19-20,33-48,56H2,1-9H3,(H,92,107)(H,100,106)(H,104,105)(H4,90,91,95,101,102)/t71-/m1/s1. The van der Waals surface area contributed by atoms with Crippen LogP contribution in [0.15, 0.2) is 146 Å². The van der Waals surface area contributed by atoms with Crippen molar-refractivity contribution >= 4 is 90.8 Å². The highest BCUT2D eigenvalue weighted by atomic mass is 16.6. The first kappa shape index (κ1) is 87.0. The van der Waals surface area contributed by atoms with Gasteiger partial charge < -0.3 is 89.2 Å². The molecule has 0 saturated carbocycles. The maximum absolute atomic E-state index is 14.2. The van der Waals surface area contributed by atoms with Crippen LogP contribution < -0.4 is 45.9 Å².